The second kappa shape index (κ2) is 3.32. The highest BCUT2D eigenvalue weighted by Crippen LogP contribution is 2.34. The highest BCUT2D eigenvalue weighted by molar-refractivity contribution is 6.32. The van der Waals surface area contributed by atoms with Crippen molar-refractivity contribution in [1.29, 1.82) is 0 Å². The lowest BCUT2D eigenvalue weighted by molar-refractivity contribution is -0.120. The normalized spacial score (nSPS) is 17.9. The van der Waals surface area contributed by atoms with Crippen molar-refractivity contribution in [1.82, 2.24) is 9.78 Å². The third-order valence-corrected chi connectivity index (χ3v) is 3.43. The molecule has 0 aliphatic heterocycles. The van der Waals surface area contributed by atoms with Gasteiger partial charge in [0.05, 0.1) is 28.4 Å². The maximum atomic E-state index is 11.8. The summed E-state index contributed by atoms with van der Waals surface area (Å²) >= 11 is 6.05. The number of ketones is 1. The first-order valence-corrected chi connectivity index (χ1v) is 5.32. The van der Waals surface area contributed by atoms with E-state index in [4.69, 9.17) is 17.3 Å². The molecule has 1 aliphatic carbocycles. The highest BCUT2D eigenvalue weighted by Gasteiger charge is 2.45. The van der Waals surface area contributed by atoms with Gasteiger partial charge in [0, 0.05) is 7.05 Å². The van der Waals surface area contributed by atoms with E-state index in [0.717, 1.165) is 24.2 Å². The number of hydrogen-bond donors (Lipinski definition) is 1. The second-order valence-corrected chi connectivity index (χ2v) is 4.60. The van der Waals surface area contributed by atoms with Crippen LogP contribution in [0.25, 0.3) is 0 Å². The standard InChI is InChI=1S/C10H14ClN3O/c1-6-9(11)7(14(2)13-6)5-8(15)10(12)3-4-10/h3-5,12H2,1-2H3. The number of carbonyl (C=O) groups excluding carboxylic acids is 1. The van der Waals surface area contributed by atoms with Crippen LogP contribution in [-0.4, -0.2) is 21.1 Å². The molecule has 0 bridgehead atoms. The molecular formula is C10H14ClN3O. The Kier molecular flexibility index (Phi) is 2.35. The molecule has 1 fully saturated rings. The quantitative estimate of drug-likeness (QED) is 0.838. The van der Waals surface area contributed by atoms with E-state index >= 15 is 0 Å². The van der Waals surface area contributed by atoms with Gasteiger partial charge in [0.2, 0.25) is 0 Å². The summed E-state index contributed by atoms with van der Waals surface area (Å²) in [7, 11) is 1.79. The molecule has 15 heavy (non-hydrogen) atoms. The molecule has 2 rings (SSSR count). The molecule has 0 aromatic carbocycles. The Balaban J connectivity index is 2.20. The maximum absolute atomic E-state index is 11.8. The average molecular weight is 228 g/mol. The van der Waals surface area contributed by atoms with Crippen molar-refractivity contribution in [3.63, 3.8) is 0 Å². The van der Waals surface area contributed by atoms with Gasteiger partial charge in [0.25, 0.3) is 0 Å². The average Bonchev–Trinajstić information content (AvgIpc) is 2.87. The van der Waals surface area contributed by atoms with Gasteiger partial charge in [0.15, 0.2) is 5.78 Å². The summed E-state index contributed by atoms with van der Waals surface area (Å²) in [5.41, 5.74) is 6.75. The zero-order chi connectivity index (χ0) is 11.2. The van der Waals surface area contributed by atoms with Gasteiger partial charge in [-0.25, -0.2) is 0 Å². The Morgan fingerprint density at radius 2 is 2.27 bits per heavy atom. The first kappa shape index (κ1) is 10.6. The number of carbonyl (C=O) groups is 1. The lowest BCUT2D eigenvalue weighted by Gasteiger charge is -2.07. The fraction of sp³-hybridized carbons (Fsp3) is 0.600. The molecular weight excluding hydrogens is 214 g/mol. The van der Waals surface area contributed by atoms with Crippen molar-refractivity contribution in [2.24, 2.45) is 12.8 Å². The zero-order valence-electron chi connectivity index (χ0n) is 8.88. The smallest absolute Gasteiger partial charge is 0.158 e. The van der Waals surface area contributed by atoms with Crippen molar-refractivity contribution >= 4 is 17.4 Å². The molecule has 1 aromatic heterocycles. The number of rotatable bonds is 3. The number of halogens is 1. The van der Waals surface area contributed by atoms with Crippen molar-refractivity contribution in [2.45, 2.75) is 31.7 Å². The van der Waals surface area contributed by atoms with Gasteiger partial charge >= 0.3 is 0 Å². The molecule has 2 N–H and O–H groups in total. The molecule has 0 spiro atoms. The van der Waals surface area contributed by atoms with E-state index < -0.39 is 5.54 Å². The molecule has 1 saturated carbocycles. The summed E-state index contributed by atoms with van der Waals surface area (Å²) in [6, 6.07) is 0. The SMILES string of the molecule is Cc1nn(C)c(CC(=O)C2(N)CC2)c1Cl. The van der Waals surface area contributed by atoms with Gasteiger partial charge in [-0.15, -0.1) is 0 Å². The van der Waals surface area contributed by atoms with Gasteiger partial charge in [-0.05, 0) is 19.8 Å². The minimum absolute atomic E-state index is 0.0624. The molecule has 0 amide bonds. The minimum Gasteiger partial charge on any atom is -0.319 e. The predicted octanol–water partition coefficient (Wildman–Crippen LogP) is 0.985. The van der Waals surface area contributed by atoms with Crippen LogP contribution in [0.1, 0.15) is 24.2 Å². The molecule has 1 heterocycles. The van der Waals surface area contributed by atoms with Gasteiger partial charge in [-0.3, -0.25) is 9.48 Å². The van der Waals surface area contributed by atoms with Crippen LogP contribution in [0.3, 0.4) is 0 Å². The molecule has 1 aromatic rings. The van der Waals surface area contributed by atoms with Crippen LogP contribution >= 0.6 is 11.6 Å². The number of aryl methyl sites for hydroxylation is 2. The Morgan fingerprint density at radius 3 is 2.67 bits per heavy atom. The van der Waals surface area contributed by atoms with E-state index in [1.807, 2.05) is 6.92 Å². The van der Waals surface area contributed by atoms with Gasteiger partial charge in [-0.2, -0.15) is 5.10 Å². The molecule has 0 unspecified atom stereocenters. The largest absolute Gasteiger partial charge is 0.319 e. The van der Waals surface area contributed by atoms with E-state index in [0.29, 0.717) is 5.02 Å². The summed E-state index contributed by atoms with van der Waals surface area (Å²) in [5.74, 6) is 0.0624. The summed E-state index contributed by atoms with van der Waals surface area (Å²) < 4.78 is 1.65. The van der Waals surface area contributed by atoms with E-state index in [-0.39, 0.29) is 12.2 Å². The summed E-state index contributed by atoms with van der Waals surface area (Å²) in [5, 5.41) is 4.74. The number of nitrogens with zero attached hydrogens (tertiary/aromatic N) is 2. The summed E-state index contributed by atoms with van der Waals surface area (Å²) in [6.07, 6.45) is 1.87. The predicted molar refractivity (Wildman–Crippen MR) is 57.8 cm³/mol. The zero-order valence-corrected chi connectivity index (χ0v) is 9.64. The fourth-order valence-electron chi connectivity index (χ4n) is 1.61. The molecule has 1 aliphatic rings. The first-order valence-electron chi connectivity index (χ1n) is 4.94. The van der Waals surface area contributed by atoms with E-state index in [2.05, 4.69) is 5.10 Å². The van der Waals surface area contributed by atoms with Crippen LogP contribution in [0, 0.1) is 6.92 Å². The topological polar surface area (TPSA) is 60.9 Å². The van der Waals surface area contributed by atoms with Gasteiger partial charge in [0.1, 0.15) is 0 Å². The highest BCUT2D eigenvalue weighted by atomic mass is 35.5. The molecule has 4 nitrogen and oxygen atoms in total. The Bertz CT molecular complexity index is 421. The Hall–Kier alpha value is -0.870. The molecule has 0 saturated heterocycles. The van der Waals surface area contributed by atoms with E-state index in [9.17, 15) is 4.79 Å². The van der Waals surface area contributed by atoms with Crippen LogP contribution in [0.15, 0.2) is 0 Å². The van der Waals surface area contributed by atoms with E-state index in [1.54, 1.807) is 11.7 Å². The monoisotopic (exact) mass is 227 g/mol. The molecule has 5 heteroatoms. The Labute approximate surface area is 93.4 Å². The van der Waals surface area contributed by atoms with Crippen LogP contribution in [0.2, 0.25) is 5.02 Å². The minimum atomic E-state index is -0.582. The first-order chi connectivity index (χ1) is 6.94. The molecule has 0 radical (unpaired) electrons. The molecule has 82 valence electrons. The number of Topliss-reactive ketones (excluding diaryl/α,β-unsaturated/α-hetero) is 1. The van der Waals surface area contributed by atoms with Gasteiger partial charge in [-0.1, -0.05) is 11.6 Å². The summed E-state index contributed by atoms with van der Waals surface area (Å²) in [4.78, 5) is 11.8. The second-order valence-electron chi connectivity index (χ2n) is 4.23. The maximum Gasteiger partial charge on any atom is 0.158 e. The lowest BCUT2D eigenvalue weighted by Crippen LogP contribution is -2.34. The lowest BCUT2D eigenvalue weighted by atomic mass is 10.1. The fourth-order valence-corrected chi connectivity index (χ4v) is 1.84. The number of nitrogens with two attached hydrogens (primary N) is 1. The summed E-state index contributed by atoms with van der Waals surface area (Å²) in [6.45, 7) is 1.83. The van der Waals surface area contributed by atoms with Crippen molar-refractivity contribution in [3.05, 3.63) is 16.4 Å². The van der Waals surface area contributed by atoms with Gasteiger partial charge < -0.3 is 5.73 Å². The van der Waals surface area contributed by atoms with Crippen molar-refractivity contribution < 1.29 is 4.79 Å². The van der Waals surface area contributed by atoms with Crippen LogP contribution < -0.4 is 5.73 Å². The molecule has 0 atom stereocenters. The van der Waals surface area contributed by atoms with Crippen molar-refractivity contribution in [3.8, 4) is 0 Å². The third kappa shape index (κ3) is 1.79. The van der Waals surface area contributed by atoms with E-state index in [1.165, 1.54) is 0 Å². The Morgan fingerprint density at radius 1 is 1.67 bits per heavy atom. The van der Waals surface area contributed by atoms with Crippen LogP contribution in [-0.2, 0) is 18.3 Å². The van der Waals surface area contributed by atoms with Crippen LogP contribution in [0.5, 0.6) is 0 Å². The van der Waals surface area contributed by atoms with Crippen molar-refractivity contribution in [2.75, 3.05) is 0 Å². The third-order valence-electron chi connectivity index (χ3n) is 2.93. The van der Waals surface area contributed by atoms with Crippen LogP contribution in [0.4, 0.5) is 0 Å². The number of hydrogen-bond acceptors (Lipinski definition) is 3. The number of aromatic nitrogens is 2.